The maximum Gasteiger partial charge on any atom is 0.131 e. The zero-order valence-electron chi connectivity index (χ0n) is 9.96. The summed E-state index contributed by atoms with van der Waals surface area (Å²) in [5.41, 5.74) is 0. The Morgan fingerprint density at radius 1 is 1.35 bits per heavy atom. The molecule has 2 aromatic heterocycles. The van der Waals surface area contributed by atoms with Gasteiger partial charge in [-0.2, -0.15) is 0 Å². The summed E-state index contributed by atoms with van der Waals surface area (Å²) < 4.78 is 2.03. The summed E-state index contributed by atoms with van der Waals surface area (Å²) in [6.45, 7) is 2.94. The Morgan fingerprint density at radius 3 is 2.88 bits per heavy atom. The lowest BCUT2D eigenvalue weighted by Gasteiger charge is -2.15. The van der Waals surface area contributed by atoms with Gasteiger partial charge in [0.15, 0.2) is 0 Å². The molecule has 1 atom stereocenters. The van der Waals surface area contributed by atoms with Gasteiger partial charge in [-0.25, -0.2) is 15.0 Å². The van der Waals surface area contributed by atoms with E-state index in [1.807, 2.05) is 23.9 Å². The topological polar surface area (TPSA) is 67.7 Å². The third-order valence-corrected chi connectivity index (χ3v) is 2.36. The van der Waals surface area contributed by atoms with Crippen LogP contribution in [0, 0.1) is 0 Å². The van der Waals surface area contributed by atoms with Crippen molar-refractivity contribution in [1.82, 2.24) is 19.5 Å². The van der Waals surface area contributed by atoms with Crippen LogP contribution in [-0.4, -0.2) is 32.6 Å². The van der Waals surface area contributed by atoms with Crippen LogP contribution in [0.3, 0.4) is 0 Å². The van der Waals surface area contributed by atoms with Crippen molar-refractivity contribution in [3.8, 4) is 0 Å². The maximum absolute atomic E-state index is 4.17. The number of imidazole rings is 1. The number of hydrogen-bond donors (Lipinski definition) is 2. The van der Waals surface area contributed by atoms with Gasteiger partial charge in [0.1, 0.15) is 18.0 Å². The van der Waals surface area contributed by atoms with E-state index in [0.29, 0.717) is 0 Å². The molecule has 2 aromatic rings. The highest BCUT2D eigenvalue weighted by Gasteiger charge is 2.04. The molecular weight excluding hydrogens is 216 g/mol. The predicted octanol–water partition coefficient (Wildman–Crippen LogP) is 1.22. The van der Waals surface area contributed by atoms with Gasteiger partial charge in [-0.15, -0.1) is 0 Å². The Morgan fingerprint density at radius 2 is 2.18 bits per heavy atom. The molecule has 6 heteroatoms. The average molecular weight is 232 g/mol. The molecule has 0 fully saturated rings. The highest BCUT2D eigenvalue weighted by molar-refractivity contribution is 5.46. The quantitative estimate of drug-likeness (QED) is 0.811. The molecule has 0 bridgehead atoms. The lowest BCUT2D eigenvalue weighted by Crippen LogP contribution is -2.22. The van der Waals surface area contributed by atoms with Crippen molar-refractivity contribution < 1.29 is 0 Å². The molecule has 17 heavy (non-hydrogen) atoms. The molecule has 0 aliphatic rings. The highest BCUT2D eigenvalue weighted by atomic mass is 15.1. The van der Waals surface area contributed by atoms with Crippen molar-refractivity contribution in [3.05, 3.63) is 31.1 Å². The number of nitrogens with zero attached hydrogens (tertiary/aromatic N) is 4. The van der Waals surface area contributed by atoms with Gasteiger partial charge in [-0.05, 0) is 6.92 Å². The minimum absolute atomic E-state index is 0.267. The van der Waals surface area contributed by atoms with Crippen LogP contribution < -0.4 is 10.6 Å². The number of anilines is 2. The van der Waals surface area contributed by atoms with Crippen LogP contribution in [0.1, 0.15) is 6.92 Å². The Labute approximate surface area is 100 Å². The molecule has 0 amide bonds. The summed E-state index contributed by atoms with van der Waals surface area (Å²) in [5.74, 6) is 1.62. The second-order valence-corrected chi connectivity index (χ2v) is 3.84. The summed E-state index contributed by atoms with van der Waals surface area (Å²) in [6, 6.07) is 2.15. The van der Waals surface area contributed by atoms with Crippen LogP contribution in [0.4, 0.5) is 11.6 Å². The molecule has 2 heterocycles. The number of aromatic nitrogens is 4. The summed E-state index contributed by atoms with van der Waals surface area (Å²) in [6.07, 6.45) is 7.06. The van der Waals surface area contributed by atoms with Gasteiger partial charge in [0.25, 0.3) is 0 Å². The first kappa shape index (κ1) is 11.4. The largest absolute Gasteiger partial charge is 0.373 e. The van der Waals surface area contributed by atoms with Gasteiger partial charge in [0.2, 0.25) is 0 Å². The molecule has 0 aromatic carbocycles. The van der Waals surface area contributed by atoms with E-state index in [0.717, 1.165) is 18.2 Å². The predicted molar refractivity (Wildman–Crippen MR) is 66.9 cm³/mol. The van der Waals surface area contributed by atoms with Crippen LogP contribution in [0.25, 0.3) is 0 Å². The average Bonchev–Trinajstić information content (AvgIpc) is 2.82. The monoisotopic (exact) mass is 232 g/mol. The van der Waals surface area contributed by atoms with Gasteiger partial charge >= 0.3 is 0 Å². The SMILES string of the molecule is CNc1cc(NC(C)Cn2ccnc2)ncn1. The van der Waals surface area contributed by atoms with Crippen molar-refractivity contribution in [2.45, 2.75) is 19.5 Å². The molecular formula is C11H16N6. The molecule has 0 aliphatic carbocycles. The summed E-state index contributed by atoms with van der Waals surface area (Å²) in [5, 5.41) is 6.29. The summed E-state index contributed by atoms with van der Waals surface area (Å²) >= 11 is 0. The molecule has 2 rings (SSSR count). The Hall–Kier alpha value is -2.11. The number of rotatable bonds is 5. The molecule has 0 saturated carbocycles. The molecule has 0 radical (unpaired) electrons. The summed E-state index contributed by atoms with van der Waals surface area (Å²) in [4.78, 5) is 12.2. The fraction of sp³-hybridized carbons (Fsp3) is 0.364. The zero-order valence-corrected chi connectivity index (χ0v) is 9.96. The highest BCUT2D eigenvalue weighted by Crippen LogP contribution is 2.09. The number of hydrogen-bond acceptors (Lipinski definition) is 5. The smallest absolute Gasteiger partial charge is 0.131 e. The Bertz CT molecular complexity index is 453. The van der Waals surface area contributed by atoms with Crippen LogP contribution in [-0.2, 0) is 6.54 Å². The zero-order chi connectivity index (χ0) is 12.1. The lowest BCUT2D eigenvalue weighted by molar-refractivity contribution is 0.617. The molecule has 0 saturated heterocycles. The van der Waals surface area contributed by atoms with Gasteiger partial charge in [0.05, 0.1) is 6.33 Å². The second-order valence-electron chi connectivity index (χ2n) is 3.84. The molecule has 2 N–H and O–H groups in total. The van der Waals surface area contributed by atoms with Crippen LogP contribution >= 0.6 is 0 Å². The molecule has 1 unspecified atom stereocenters. The maximum atomic E-state index is 4.17. The van der Waals surface area contributed by atoms with Crippen LogP contribution in [0.15, 0.2) is 31.1 Å². The fourth-order valence-corrected chi connectivity index (χ4v) is 1.58. The lowest BCUT2D eigenvalue weighted by atomic mass is 10.3. The molecule has 0 aliphatic heterocycles. The third kappa shape index (κ3) is 3.17. The van der Waals surface area contributed by atoms with Gasteiger partial charge in [-0.1, -0.05) is 0 Å². The minimum Gasteiger partial charge on any atom is -0.373 e. The van der Waals surface area contributed by atoms with E-state index in [9.17, 15) is 0 Å². The van der Waals surface area contributed by atoms with Crippen molar-refractivity contribution in [3.63, 3.8) is 0 Å². The van der Waals surface area contributed by atoms with Crippen molar-refractivity contribution in [2.75, 3.05) is 17.7 Å². The molecule has 0 spiro atoms. The van der Waals surface area contributed by atoms with Gasteiger partial charge < -0.3 is 15.2 Å². The van der Waals surface area contributed by atoms with E-state index < -0.39 is 0 Å². The Kier molecular flexibility index (Phi) is 3.54. The second kappa shape index (κ2) is 5.29. The summed E-state index contributed by atoms with van der Waals surface area (Å²) in [7, 11) is 1.83. The minimum atomic E-state index is 0.267. The van der Waals surface area contributed by atoms with E-state index >= 15 is 0 Å². The first-order valence-corrected chi connectivity index (χ1v) is 5.50. The number of nitrogens with one attached hydrogen (secondary N) is 2. The third-order valence-electron chi connectivity index (χ3n) is 2.36. The Balaban J connectivity index is 1.95. The van der Waals surface area contributed by atoms with Gasteiger partial charge in [-0.3, -0.25) is 0 Å². The standard InChI is InChI=1S/C11H16N6/c1-9(6-17-4-3-13-8-17)16-11-5-10(12-2)14-7-15-11/h3-5,7-9H,6H2,1-2H3,(H2,12,14,15,16). The van der Waals surface area contributed by atoms with Crippen molar-refractivity contribution in [2.24, 2.45) is 0 Å². The molecule has 6 nitrogen and oxygen atoms in total. The van der Waals surface area contributed by atoms with E-state index in [1.165, 1.54) is 6.33 Å². The van der Waals surface area contributed by atoms with E-state index in [-0.39, 0.29) is 6.04 Å². The first-order valence-electron chi connectivity index (χ1n) is 5.50. The first-order chi connectivity index (χ1) is 8.28. The van der Waals surface area contributed by atoms with E-state index in [4.69, 9.17) is 0 Å². The van der Waals surface area contributed by atoms with Gasteiger partial charge in [0, 0.05) is 38.1 Å². The molecule has 90 valence electrons. The van der Waals surface area contributed by atoms with Crippen LogP contribution in [0.5, 0.6) is 0 Å². The normalized spacial score (nSPS) is 12.1. The van der Waals surface area contributed by atoms with Crippen molar-refractivity contribution >= 4 is 11.6 Å². The van der Waals surface area contributed by atoms with Crippen LogP contribution in [0.2, 0.25) is 0 Å². The van der Waals surface area contributed by atoms with Crippen molar-refractivity contribution in [1.29, 1.82) is 0 Å². The van der Waals surface area contributed by atoms with E-state index in [1.54, 1.807) is 12.5 Å². The fourth-order valence-electron chi connectivity index (χ4n) is 1.58. The van der Waals surface area contributed by atoms with E-state index in [2.05, 4.69) is 32.5 Å².